The monoisotopic (exact) mass is 373 g/mol. The molecule has 2 unspecified atom stereocenters. The van der Waals surface area contributed by atoms with Gasteiger partial charge in [0.05, 0.1) is 25.7 Å². The summed E-state index contributed by atoms with van der Waals surface area (Å²) < 4.78 is 10.8. The molecular weight excluding hydrogens is 352 g/mol. The highest BCUT2D eigenvalue weighted by molar-refractivity contribution is 5.67. The molecule has 2 aromatic rings. The number of carbonyl (C=O) groups is 1. The fourth-order valence-corrected chi connectivity index (χ4v) is 3.70. The lowest BCUT2D eigenvalue weighted by atomic mass is 9.87. The lowest BCUT2D eigenvalue weighted by molar-refractivity contribution is -0.920. The molecule has 1 aliphatic heterocycles. The van der Waals surface area contributed by atoms with E-state index in [9.17, 15) is 20.0 Å². The van der Waals surface area contributed by atoms with Crippen LogP contribution in [0, 0.1) is 10.1 Å². The highest BCUT2D eigenvalue weighted by atomic mass is 16.6. The Morgan fingerprint density at radius 1 is 1.26 bits per heavy atom. The third-order valence-corrected chi connectivity index (χ3v) is 4.87. The van der Waals surface area contributed by atoms with Crippen LogP contribution in [0.4, 0.5) is 5.69 Å². The molecule has 0 spiro atoms. The molecular formula is C19H21N2O6+. The Labute approximate surface area is 156 Å². The maximum atomic E-state index is 11.4. The van der Waals surface area contributed by atoms with E-state index in [1.165, 1.54) is 19.2 Å². The number of non-ortho nitro benzene ring substituents is 1. The maximum Gasteiger partial charge on any atom is 0.359 e. The lowest BCUT2D eigenvalue weighted by Crippen LogP contribution is -3.14. The third kappa shape index (κ3) is 3.70. The van der Waals surface area contributed by atoms with Crippen LogP contribution >= 0.6 is 0 Å². The molecule has 0 aromatic heterocycles. The quantitative estimate of drug-likeness (QED) is 0.583. The second-order valence-electron chi connectivity index (χ2n) is 6.42. The first-order valence-corrected chi connectivity index (χ1v) is 8.50. The van der Waals surface area contributed by atoms with E-state index in [1.54, 1.807) is 19.2 Å². The van der Waals surface area contributed by atoms with E-state index in [4.69, 9.17) is 9.47 Å². The van der Waals surface area contributed by atoms with Crippen LogP contribution in [0.5, 0.6) is 11.5 Å². The number of carboxylic acids is 1. The first-order chi connectivity index (χ1) is 12.9. The molecule has 1 heterocycles. The van der Waals surface area contributed by atoms with Gasteiger partial charge in [0, 0.05) is 29.7 Å². The van der Waals surface area contributed by atoms with Gasteiger partial charge in [-0.2, -0.15) is 0 Å². The van der Waals surface area contributed by atoms with Crippen LogP contribution in [0.25, 0.3) is 0 Å². The largest absolute Gasteiger partial charge is 0.493 e. The van der Waals surface area contributed by atoms with Gasteiger partial charge in [-0.15, -0.1) is 0 Å². The van der Waals surface area contributed by atoms with Crippen molar-refractivity contribution in [3.8, 4) is 11.5 Å². The number of nitro groups is 1. The van der Waals surface area contributed by atoms with Gasteiger partial charge >= 0.3 is 5.97 Å². The molecule has 0 saturated carbocycles. The molecule has 1 aliphatic rings. The van der Waals surface area contributed by atoms with Crippen LogP contribution in [0.15, 0.2) is 36.4 Å². The smallest absolute Gasteiger partial charge is 0.359 e. The molecule has 0 amide bonds. The summed E-state index contributed by atoms with van der Waals surface area (Å²) in [5.74, 6) is 0.239. The fourth-order valence-electron chi connectivity index (χ4n) is 3.70. The van der Waals surface area contributed by atoms with Gasteiger partial charge in [0.25, 0.3) is 5.69 Å². The fraction of sp³-hybridized carbons (Fsp3) is 0.316. The second kappa shape index (κ2) is 7.63. The number of carboxylic acid groups (broad SMARTS) is 1. The summed E-state index contributed by atoms with van der Waals surface area (Å²) in [6.07, 6.45) is 0.684. The zero-order valence-electron chi connectivity index (χ0n) is 15.1. The van der Waals surface area contributed by atoms with E-state index in [1.807, 2.05) is 12.1 Å². The first kappa shape index (κ1) is 18.7. The Morgan fingerprint density at radius 2 is 1.96 bits per heavy atom. The summed E-state index contributed by atoms with van der Waals surface area (Å²) in [5, 5.41) is 20.5. The number of nitrogens with one attached hydrogen (secondary N) is 1. The number of quaternary nitrogens is 1. The summed E-state index contributed by atoms with van der Waals surface area (Å²) >= 11 is 0. The molecule has 0 fully saturated rings. The van der Waals surface area contributed by atoms with Crippen molar-refractivity contribution in [2.45, 2.75) is 12.5 Å². The number of benzene rings is 2. The third-order valence-electron chi connectivity index (χ3n) is 4.87. The molecule has 0 aliphatic carbocycles. The summed E-state index contributed by atoms with van der Waals surface area (Å²) in [6, 6.07) is 9.77. The summed E-state index contributed by atoms with van der Waals surface area (Å²) in [4.78, 5) is 23.0. The van der Waals surface area contributed by atoms with E-state index in [-0.39, 0.29) is 18.3 Å². The number of hydrogen-bond acceptors (Lipinski definition) is 5. The maximum absolute atomic E-state index is 11.4. The molecule has 8 nitrogen and oxygen atoms in total. The molecule has 2 aromatic carbocycles. The molecule has 0 bridgehead atoms. The number of rotatable bonds is 6. The van der Waals surface area contributed by atoms with Gasteiger partial charge in [-0.25, -0.2) is 4.79 Å². The van der Waals surface area contributed by atoms with Gasteiger partial charge < -0.3 is 19.5 Å². The van der Waals surface area contributed by atoms with Crippen molar-refractivity contribution >= 4 is 11.7 Å². The van der Waals surface area contributed by atoms with Crippen molar-refractivity contribution in [2.24, 2.45) is 0 Å². The van der Waals surface area contributed by atoms with E-state index in [0.717, 1.165) is 16.0 Å². The van der Waals surface area contributed by atoms with E-state index in [0.29, 0.717) is 30.0 Å². The highest BCUT2D eigenvalue weighted by Crippen LogP contribution is 2.36. The Balaban J connectivity index is 2.16. The van der Waals surface area contributed by atoms with Crippen LogP contribution < -0.4 is 14.4 Å². The van der Waals surface area contributed by atoms with E-state index < -0.39 is 10.9 Å². The number of fused-ring (bicyclic) bond motifs is 1. The Bertz CT molecular complexity index is 882. The summed E-state index contributed by atoms with van der Waals surface area (Å²) in [7, 11) is 3.10. The number of ether oxygens (including phenoxy) is 2. The van der Waals surface area contributed by atoms with Gasteiger partial charge in [0.2, 0.25) is 0 Å². The minimum absolute atomic E-state index is 0.0187. The number of nitro benzene ring substituents is 1. The SMILES string of the molecule is COc1cc2c(cc1OC)C(c1cccc([N+](=O)[O-])c1)[NH+](CC(=O)O)CC2. The van der Waals surface area contributed by atoms with Crippen LogP contribution in [-0.4, -0.2) is 43.3 Å². The first-order valence-electron chi connectivity index (χ1n) is 8.50. The van der Waals surface area contributed by atoms with Crippen molar-refractivity contribution in [1.82, 2.24) is 0 Å². The predicted octanol–water partition coefficient (Wildman–Crippen LogP) is 1.23. The van der Waals surface area contributed by atoms with Crippen LogP contribution in [-0.2, 0) is 11.2 Å². The van der Waals surface area contributed by atoms with Crippen molar-refractivity contribution in [2.75, 3.05) is 27.3 Å². The summed E-state index contributed by atoms with van der Waals surface area (Å²) in [6.45, 7) is 0.517. The topological polar surface area (TPSA) is 103 Å². The summed E-state index contributed by atoms with van der Waals surface area (Å²) in [5.41, 5.74) is 2.61. The minimum atomic E-state index is -0.913. The number of nitrogens with zero attached hydrogens (tertiary/aromatic N) is 1. The van der Waals surface area contributed by atoms with E-state index in [2.05, 4.69) is 0 Å². The Hall–Kier alpha value is -3.13. The molecule has 142 valence electrons. The molecule has 27 heavy (non-hydrogen) atoms. The zero-order chi connectivity index (χ0) is 19.6. The van der Waals surface area contributed by atoms with Crippen LogP contribution in [0.1, 0.15) is 22.7 Å². The zero-order valence-corrected chi connectivity index (χ0v) is 15.1. The Kier molecular flexibility index (Phi) is 5.27. The lowest BCUT2D eigenvalue weighted by Gasteiger charge is -2.34. The average Bonchev–Trinajstić information content (AvgIpc) is 2.66. The number of aliphatic carboxylic acids is 1. The van der Waals surface area contributed by atoms with Crippen molar-refractivity contribution in [3.63, 3.8) is 0 Å². The van der Waals surface area contributed by atoms with Crippen LogP contribution in [0.3, 0.4) is 0 Å². The van der Waals surface area contributed by atoms with Gasteiger partial charge in [0.15, 0.2) is 18.0 Å². The van der Waals surface area contributed by atoms with Gasteiger partial charge in [-0.3, -0.25) is 10.1 Å². The predicted molar refractivity (Wildman–Crippen MR) is 96.5 cm³/mol. The minimum Gasteiger partial charge on any atom is -0.493 e. The van der Waals surface area contributed by atoms with Gasteiger partial charge in [-0.05, 0) is 17.7 Å². The standard InChI is InChI=1S/C19H20N2O6/c1-26-16-9-12-6-7-20(11-18(22)23)19(15(12)10-17(16)27-2)13-4-3-5-14(8-13)21(24)25/h3-5,8-10,19H,6-7,11H2,1-2H3,(H,22,23)/p+1. The van der Waals surface area contributed by atoms with Gasteiger partial charge in [0.1, 0.15) is 6.04 Å². The number of hydrogen-bond donors (Lipinski definition) is 2. The average molecular weight is 373 g/mol. The number of methoxy groups -OCH3 is 2. The second-order valence-corrected chi connectivity index (χ2v) is 6.42. The van der Waals surface area contributed by atoms with Crippen LogP contribution in [0.2, 0.25) is 0 Å². The normalized spacial score (nSPS) is 18.4. The molecule has 0 saturated heterocycles. The van der Waals surface area contributed by atoms with E-state index >= 15 is 0 Å². The molecule has 2 atom stereocenters. The Morgan fingerprint density at radius 3 is 2.59 bits per heavy atom. The molecule has 0 radical (unpaired) electrons. The van der Waals surface area contributed by atoms with Crippen molar-refractivity contribution in [1.29, 1.82) is 0 Å². The van der Waals surface area contributed by atoms with Gasteiger partial charge in [-0.1, -0.05) is 12.1 Å². The van der Waals surface area contributed by atoms with Crippen molar-refractivity contribution in [3.05, 3.63) is 63.2 Å². The molecule has 2 N–H and O–H groups in total. The van der Waals surface area contributed by atoms with Crippen molar-refractivity contribution < 1.29 is 29.2 Å². The molecule has 8 heteroatoms. The molecule has 3 rings (SSSR count). The highest BCUT2D eigenvalue weighted by Gasteiger charge is 2.35.